The second-order valence-corrected chi connectivity index (χ2v) is 9.73. The van der Waals surface area contributed by atoms with Crippen molar-refractivity contribution >= 4 is 21.8 Å². The molecular weight excluding hydrogens is 370 g/mol. The summed E-state index contributed by atoms with van der Waals surface area (Å²) in [6.07, 6.45) is 1.29. The number of amides is 2. The molecule has 0 unspecified atom stereocenters. The van der Waals surface area contributed by atoms with Crippen molar-refractivity contribution in [3.63, 3.8) is 0 Å². The summed E-state index contributed by atoms with van der Waals surface area (Å²) < 4.78 is 26.7. The quantitative estimate of drug-likeness (QED) is 0.569. The zero-order valence-electron chi connectivity index (χ0n) is 16.6. The lowest BCUT2D eigenvalue weighted by Crippen LogP contribution is -2.55. The van der Waals surface area contributed by atoms with E-state index < -0.39 is 21.7 Å². The predicted molar refractivity (Wildman–Crippen MR) is 103 cm³/mol. The summed E-state index contributed by atoms with van der Waals surface area (Å²) in [4.78, 5) is 30.1. The van der Waals surface area contributed by atoms with Crippen LogP contribution in [-0.4, -0.2) is 110 Å². The average molecular weight is 404 g/mol. The standard InChI is InChI=1S/C17H33N5O4S/c1-14(2)20-6-4-15(5-7-20)22(27(25,26)13-16(18)23)12-17(24)21-10-8-19(3)9-11-21/h14-15H,4-13H2,1-3H3,(H2,18,23). The minimum atomic E-state index is -3.92. The van der Waals surface area contributed by atoms with Gasteiger partial charge in [-0.1, -0.05) is 0 Å². The molecule has 27 heavy (non-hydrogen) atoms. The van der Waals surface area contributed by atoms with Crippen LogP contribution in [0.3, 0.4) is 0 Å². The normalized spacial score (nSPS) is 21.1. The third-order valence-electron chi connectivity index (χ3n) is 5.47. The molecule has 2 saturated heterocycles. The molecule has 0 aromatic heterocycles. The Bertz CT molecular complexity index is 623. The molecule has 2 aliphatic rings. The highest BCUT2D eigenvalue weighted by Gasteiger charge is 2.36. The van der Waals surface area contributed by atoms with Gasteiger partial charge in [-0.3, -0.25) is 9.59 Å². The van der Waals surface area contributed by atoms with E-state index in [1.54, 1.807) is 4.90 Å². The van der Waals surface area contributed by atoms with Gasteiger partial charge in [0.2, 0.25) is 21.8 Å². The molecule has 2 aliphatic heterocycles. The number of likely N-dealkylation sites (N-methyl/N-ethyl adjacent to an activating group) is 1. The van der Waals surface area contributed by atoms with Gasteiger partial charge in [0.15, 0.2) is 0 Å². The van der Waals surface area contributed by atoms with E-state index in [0.717, 1.165) is 26.2 Å². The number of piperidine rings is 1. The maximum atomic E-state index is 12.8. The molecule has 0 aliphatic carbocycles. The Hall–Kier alpha value is -1.23. The summed E-state index contributed by atoms with van der Waals surface area (Å²) in [5.41, 5.74) is 5.14. The van der Waals surface area contributed by atoms with Crippen LogP contribution in [0.4, 0.5) is 0 Å². The monoisotopic (exact) mass is 403 g/mol. The van der Waals surface area contributed by atoms with Gasteiger partial charge in [0.05, 0.1) is 6.54 Å². The van der Waals surface area contributed by atoms with Crippen LogP contribution < -0.4 is 5.73 Å². The van der Waals surface area contributed by atoms with Gasteiger partial charge in [-0.25, -0.2) is 8.42 Å². The molecule has 10 heteroatoms. The lowest BCUT2D eigenvalue weighted by atomic mass is 10.0. The Morgan fingerprint density at radius 1 is 1.07 bits per heavy atom. The van der Waals surface area contributed by atoms with Crippen LogP contribution >= 0.6 is 0 Å². The van der Waals surface area contributed by atoms with E-state index in [4.69, 9.17) is 5.73 Å². The van der Waals surface area contributed by atoms with Gasteiger partial charge in [-0.05, 0) is 46.8 Å². The van der Waals surface area contributed by atoms with E-state index in [2.05, 4.69) is 23.6 Å². The van der Waals surface area contributed by atoms with E-state index in [0.29, 0.717) is 32.0 Å². The van der Waals surface area contributed by atoms with E-state index in [-0.39, 0.29) is 18.5 Å². The zero-order valence-corrected chi connectivity index (χ0v) is 17.4. The lowest BCUT2D eigenvalue weighted by molar-refractivity contribution is -0.133. The van der Waals surface area contributed by atoms with E-state index in [1.807, 2.05) is 7.05 Å². The first kappa shape index (κ1) is 22.1. The summed E-state index contributed by atoms with van der Waals surface area (Å²) in [6, 6.07) is 0.120. The number of likely N-dealkylation sites (tertiary alicyclic amines) is 1. The van der Waals surface area contributed by atoms with Crippen molar-refractivity contribution in [1.82, 2.24) is 19.0 Å². The van der Waals surface area contributed by atoms with Gasteiger partial charge < -0.3 is 20.4 Å². The number of nitrogens with two attached hydrogens (primary N) is 1. The van der Waals surface area contributed by atoms with Gasteiger partial charge in [0.1, 0.15) is 5.75 Å². The number of piperazine rings is 1. The van der Waals surface area contributed by atoms with Gasteiger partial charge in [-0.15, -0.1) is 0 Å². The lowest BCUT2D eigenvalue weighted by Gasteiger charge is -2.40. The van der Waals surface area contributed by atoms with Crippen LogP contribution in [0.1, 0.15) is 26.7 Å². The van der Waals surface area contributed by atoms with Crippen LogP contribution in [0.15, 0.2) is 0 Å². The molecule has 0 bridgehead atoms. The maximum absolute atomic E-state index is 12.8. The van der Waals surface area contributed by atoms with E-state index in [1.165, 1.54) is 4.31 Å². The zero-order chi connectivity index (χ0) is 20.2. The number of carbonyl (C=O) groups is 2. The number of nitrogens with zero attached hydrogens (tertiary/aromatic N) is 4. The molecule has 2 amide bonds. The minimum Gasteiger partial charge on any atom is -0.369 e. The summed E-state index contributed by atoms with van der Waals surface area (Å²) in [5, 5.41) is 0. The number of rotatable bonds is 7. The first-order valence-corrected chi connectivity index (χ1v) is 11.2. The maximum Gasteiger partial charge on any atom is 0.237 e. The summed E-state index contributed by atoms with van der Waals surface area (Å²) >= 11 is 0. The van der Waals surface area contributed by atoms with Crippen LogP contribution in [0.2, 0.25) is 0 Å². The topological polar surface area (TPSA) is 107 Å². The van der Waals surface area contributed by atoms with Crippen molar-refractivity contribution in [2.75, 3.05) is 58.6 Å². The average Bonchev–Trinajstić information content (AvgIpc) is 2.59. The van der Waals surface area contributed by atoms with Crippen molar-refractivity contribution in [3.05, 3.63) is 0 Å². The van der Waals surface area contributed by atoms with Crippen molar-refractivity contribution in [3.8, 4) is 0 Å². The van der Waals surface area contributed by atoms with E-state index >= 15 is 0 Å². The molecule has 156 valence electrons. The molecule has 2 fully saturated rings. The van der Waals surface area contributed by atoms with Crippen molar-refractivity contribution < 1.29 is 18.0 Å². The van der Waals surface area contributed by atoms with Crippen LogP contribution in [0.25, 0.3) is 0 Å². The van der Waals surface area contributed by atoms with Crippen LogP contribution in [0.5, 0.6) is 0 Å². The fraction of sp³-hybridized carbons (Fsp3) is 0.882. The molecule has 2 rings (SSSR count). The number of hydrogen-bond donors (Lipinski definition) is 1. The van der Waals surface area contributed by atoms with Gasteiger partial charge in [-0.2, -0.15) is 4.31 Å². The molecule has 0 aromatic rings. The van der Waals surface area contributed by atoms with Gasteiger partial charge >= 0.3 is 0 Å². The molecule has 9 nitrogen and oxygen atoms in total. The van der Waals surface area contributed by atoms with Crippen molar-refractivity contribution in [2.45, 2.75) is 38.8 Å². The predicted octanol–water partition coefficient (Wildman–Crippen LogP) is -1.25. The second-order valence-electron chi connectivity index (χ2n) is 7.81. The van der Waals surface area contributed by atoms with E-state index in [9.17, 15) is 18.0 Å². The smallest absolute Gasteiger partial charge is 0.237 e. The Morgan fingerprint density at radius 3 is 2.11 bits per heavy atom. The van der Waals surface area contributed by atoms with Crippen molar-refractivity contribution in [2.24, 2.45) is 5.73 Å². The fourth-order valence-corrected chi connectivity index (χ4v) is 5.19. The molecule has 0 saturated carbocycles. The summed E-state index contributed by atoms with van der Waals surface area (Å²) in [5.74, 6) is -1.86. The first-order chi connectivity index (χ1) is 12.6. The number of carbonyl (C=O) groups excluding carboxylic acids is 2. The minimum absolute atomic E-state index is 0.206. The Balaban J connectivity index is 2.10. The highest BCUT2D eigenvalue weighted by Crippen LogP contribution is 2.21. The Kier molecular flexibility index (Phi) is 7.61. The van der Waals surface area contributed by atoms with Gasteiger partial charge in [0, 0.05) is 38.3 Å². The first-order valence-electron chi connectivity index (χ1n) is 9.58. The largest absolute Gasteiger partial charge is 0.369 e. The fourth-order valence-electron chi connectivity index (χ4n) is 3.70. The molecule has 0 spiro atoms. The molecule has 0 radical (unpaired) electrons. The van der Waals surface area contributed by atoms with Crippen LogP contribution in [-0.2, 0) is 19.6 Å². The molecular formula is C17H33N5O4S. The SMILES string of the molecule is CC(C)N1CCC(N(CC(=O)N2CCN(C)CC2)S(=O)(=O)CC(N)=O)CC1. The van der Waals surface area contributed by atoms with Gasteiger partial charge in [0.25, 0.3) is 0 Å². The molecule has 0 atom stereocenters. The molecule has 0 aromatic carbocycles. The number of sulfonamides is 1. The second kappa shape index (κ2) is 9.31. The van der Waals surface area contributed by atoms with Crippen LogP contribution in [0, 0.1) is 0 Å². The highest BCUT2D eigenvalue weighted by atomic mass is 32.2. The summed E-state index contributed by atoms with van der Waals surface area (Å²) in [7, 11) is -1.93. The number of hydrogen-bond acceptors (Lipinski definition) is 6. The third-order valence-corrected chi connectivity index (χ3v) is 7.26. The highest BCUT2D eigenvalue weighted by molar-refractivity contribution is 7.89. The van der Waals surface area contributed by atoms with Crippen molar-refractivity contribution in [1.29, 1.82) is 0 Å². The molecule has 2 heterocycles. The third kappa shape index (κ3) is 6.13. The Morgan fingerprint density at radius 2 is 1.63 bits per heavy atom. The summed E-state index contributed by atoms with van der Waals surface area (Å²) in [6.45, 7) is 8.26. The Labute approximate surface area is 162 Å². The number of primary amides is 1. The molecule has 2 N–H and O–H groups in total.